The van der Waals surface area contributed by atoms with Gasteiger partial charge in [0.15, 0.2) is 0 Å². The molecule has 1 aliphatic rings. The monoisotopic (exact) mass is 323 g/mol. The fourth-order valence-corrected chi connectivity index (χ4v) is 2.56. The van der Waals surface area contributed by atoms with E-state index in [2.05, 4.69) is 24.7 Å². The van der Waals surface area contributed by atoms with Gasteiger partial charge in [-0.15, -0.1) is 0 Å². The van der Waals surface area contributed by atoms with E-state index in [0.717, 1.165) is 13.0 Å². The molecule has 1 aromatic carbocycles. The summed E-state index contributed by atoms with van der Waals surface area (Å²) in [4.78, 5) is 26.8. The summed E-state index contributed by atoms with van der Waals surface area (Å²) >= 11 is 0. The molecule has 1 atom stereocenters. The van der Waals surface area contributed by atoms with Crippen LogP contribution >= 0.6 is 0 Å². The molecule has 0 aliphatic carbocycles. The lowest BCUT2D eigenvalue weighted by atomic mass is 10.2. The second kappa shape index (κ2) is 7.92. The van der Waals surface area contributed by atoms with E-state index >= 15 is 0 Å². The molecule has 126 valence electrons. The molecule has 1 aliphatic heterocycles. The van der Waals surface area contributed by atoms with Crippen molar-refractivity contribution < 1.29 is 18.9 Å². The van der Waals surface area contributed by atoms with Crippen molar-refractivity contribution in [1.29, 1.82) is 0 Å². The number of nitrogens with one attached hydrogen (secondary N) is 3. The number of nitrogens with zero attached hydrogens (tertiary/aromatic N) is 1. The molecule has 0 unspecified atom stereocenters. The Balaban J connectivity index is 1.78. The Hall–Kier alpha value is -2.15. The number of anilines is 1. The van der Waals surface area contributed by atoms with Crippen LogP contribution in [0.15, 0.2) is 24.3 Å². The van der Waals surface area contributed by atoms with Crippen LogP contribution in [0, 0.1) is 5.82 Å². The summed E-state index contributed by atoms with van der Waals surface area (Å²) in [5.41, 5.74) is 0.648. The van der Waals surface area contributed by atoms with Crippen molar-refractivity contribution in [1.82, 2.24) is 10.6 Å². The first-order valence-corrected chi connectivity index (χ1v) is 7.85. The van der Waals surface area contributed by atoms with Crippen LogP contribution in [0.1, 0.15) is 12.8 Å². The molecule has 6 nitrogen and oxygen atoms in total. The fourth-order valence-electron chi connectivity index (χ4n) is 2.56. The number of hydrogen-bond donors (Lipinski definition) is 3. The molecular weight excluding hydrogens is 299 g/mol. The summed E-state index contributed by atoms with van der Waals surface area (Å²) in [6.07, 6.45) is 1.16. The number of halogens is 1. The molecule has 1 heterocycles. The smallest absolute Gasteiger partial charge is 0.315 e. The number of hydrogen-bond acceptors (Lipinski definition) is 2. The number of carbonyl (C=O) groups excluding carboxylic acids is 2. The number of carbonyl (C=O) groups is 2. The van der Waals surface area contributed by atoms with E-state index < -0.39 is 0 Å². The quantitative estimate of drug-likeness (QED) is 0.633. The lowest BCUT2D eigenvalue weighted by molar-refractivity contribution is -0.858. The van der Waals surface area contributed by atoms with Gasteiger partial charge < -0.3 is 20.4 Å². The van der Waals surface area contributed by atoms with E-state index in [1.54, 1.807) is 17.0 Å². The summed E-state index contributed by atoms with van der Waals surface area (Å²) in [7, 11) is 4.13. The molecule has 1 saturated heterocycles. The van der Waals surface area contributed by atoms with Gasteiger partial charge in [0, 0.05) is 31.6 Å². The van der Waals surface area contributed by atoms with Crippen molar-refractivity contribution in [3.05, 3.63) is 30.1 Å². The van der Waals surface area contributed by atoms with Crippen LogP contribution < -0.4 is 20.4 Å². The molecule has 3 N–H and O–H groups in total. The molecule has 0 spiro atoms. The van der Waals surface area contributed by atoms with Crippen molar-refractivity contribution in [2.75, 3.05) is 38.6 Å². The van der Waals surface area contributed by atoms with Crippen LogP contribution in [-0.2, 0) is 4.79 Å². The number of urea groups is 1. The van der Waals surface area contributed by atoms with Crippen molar-refractivity contribution in [3.63, 3.8) is 0 Å². The predicted molar refractivity (Wildman–Crippen MR) is 86.0 cm³/mol. The molecule has 1 aromatic rings. The van der Waals surface area contributed by atoms with Gasteiger partial charge in [-0.1, -0.05) is 0 Å². The van der Waals surface area contributed by atoms with Crippen molar-refractivity contribution >= 4 is 17.6 Å². The van der Waals surface area contributed by atoms with Crippen molar-refractivity contribution in [2.45, 2.75) is 18.9 Å². The van der Waals surface area contributed by atoms with E-state index in [1.165, 1.54) is 17.0 Å². The minimum Gasteiger partial charge on any atom is -0.340 e. The van der Waals surface area contributed by atoms with E-state index in [9.17, 15) is 14.0 Å². The van der Waals surface area contributed by atoms with Gasteiger partial charge in [0.05, 0.1) is 26.7 Å². The second-order valence-electron chi connectivity index (χ2n) is 6.09. The molecule has 0 saturated carbocycles. The molecule has 0 aromatic heterocycles. The van der Waals surface area contributed by atoms with Crippen molar-refractivity contribution in [2.24, 2.45) is 0 Å². The standard InChI is InChI=1S/C16H23FN4O2/c1-20(2)9-3-8-18-16(23)19-13-10-15(22)21(11-13)14-6-4-12(17)5-7-14/h4-7,13H,3,8-11H2,1-2H3,(H2,18,19,23)/p+1/t13-/m0/s1. The highest BCUT2D eigenvalue weighted by Crippen LogP contribution is 2.21. The van der Waals surface area contributed by atoms with Gasteiger partial charge in [0.2, 0.25) is 5.91 Å². The average Bonchev–Trinajstić information content (AvgIpc) is 2.85. The van der Waals surface area contributed by atoms with Crippen LogP contribution in [0.25, 0.3) is 0 Å². The van der Waals surface area contributed by atoms with Gasteiger partial charge in [-0.05, 0) is 24.3 Å². The van der Waals surface area contributed by atoms with Crippen LogP contribution in [0.3, 0.4) is 0 Å². The molecular formula is C16H24FN4O2+. The zero-order valence-corrected chi connectivity index (χ0v) is 13.6. The number of amides is 3. The number of rotatable bonds is 6. The van der Waals surface area contributed by atoms with Gasteiger partial charge in [0.1, 0.15) is 5.82 Å². The summed E-state index contributed by atoms with van der Waals surface area (Å²) in [6, 6.07) is 5.30. The topological polar surface area (TPSA) is 65.9 Å². The first kappa shape index (κ1) is 17.2. The third-order valence-corrected chi connectivity index (χ3v) is 3.74. The van der Waals surface area contributed by atoms with Gasteiger partial charge in [-0.2, -0.15) is 0 Å². The molecule has 0 bridgehead atoms. The lowest BCUT2D eigenvalue weighted by Gasteiger charge is -2.17. The Morgan fingerprint density at radius 1 is 1.35 bits per heavy atom. The maximum atomic E-state index is 12.9. The van der Waals surface area contributed by atoms with E-state index in [0.29, 0.717) is 18.8 Å². The number of quaternary nitrogens is 1. The molecule has 3 amide bonds. The first-order chi connectivity index (χ1) is 11.0. The lowest BCUT2D eigenvalue weighted by Crippen LogP contribution is -3.05. The average molecular weight is 323 g/mol. The molecule has 0 radical (unpaired) electrons. The summed E-state index contributed by atoms with van der Waals surface area (Å²) in [5.74, 6) is -0.410. The SMILES string of the molecule is C[NH+](C)CCCNC(=O)N[C@H]1CC(=O)N(c2ccc(F)cc2)C1. The van der Waals surface area contributed by atoms with Gasteiger partial charge in [-0.3, -0.25) is 4.79 Å². The highest BCUT2D eigenvalue weighted by Gasteiger charge is 2.31. The Kier molecular flexibility index (Phi) is 5.92. The Morgan fingerprint density at radius 3 is 2.70 bits per heavy atom. The summed E-state index contributed by atoms with van der Waals surface area (Å²) < 4.78 is 12.9. The normalized spacial score (nSPS) is 17.7. The van der Waals surface area contributed by atoms with Crippen LogP contribution in [0.4, 0.5) is 14.9 Å². The Labute approximate surface area is 135 Å². The highest BCUT2D eigenvalue weighted by atomic mass is 19.1. The minimum absolute atomic E-state index is 0.0712. The van der Waals surface area contributed by atoms with Crippen LogP contribution in [0.5, 0.6) is 0 Å². The fraction of sp³-hybridized carbons (Fsp3) is 0.500. The van der Waals surface area contributed by atoms with Crippen LogP contribution in [0.2, 0.25) is 0 Å². The highest BCUT2D eigenvalue weighted by molar-refractivity contribution is 5.96. The molecule has 2 rings (SSSR count). The minimum atomic E-state index is -0.339. The molecule has 7 heteroatoms. The summed E-state index contributed by atoms with van der Waals surface area (Å²) in [6.45, 7) is 2.00. The van der Waals surface area contributed by atoms with E-state index in [4.69, 9.17) is 0 Å². The number of benzene rings is 1. The second-order valence-corrected chi connectivity index (χ2v) is 6.09. The van der Waals surface area contributed by atoms with Crippen LogP contribution in [-0.4, -0.2) is 51.7 Å². The zero-order valence-electron chi connectivity index (χ0n) is 13.6. The maximum Gasteiger partial charge on any atom is 0.315 e. The van der Waals surface area contributed by atoms with Crippen molar-refractivity contribution in [3.8, 4) is 0 Å². The summed E-state index contributed by atoms with van der Waals surface area (Å²) in [5, 5.41) is 5.61. The van der Waals surface area contributed by atoms with E-state index in [1.807, 2.05) is 0 Å². The molecule has 23 heavy (non-hydrogen) atoms. The maximum absolute atomic E-state index is 12.9. The first-order valence-electron chi connectivity index (χ1n) is 7.85. The van der Waals surface area contributed by atoms with E-state index in [-0.39, 0.29) is 30.2 Å². The largest absolute Gasteiger partial charge is 0.340 e. The van der Waals surface area contributed by atoms with Gasteiger partial charge in [-0.25, -0.2) is 9.18 Å². The third kappa shape index (κ3) is 5.21. The molecule has 1 fully saturated rings. The Morgan fingerprint density at radius 2 is 2.04 bits per heavy atom. The zero-order chi connectivity index (χ0) is 16.8. The predicted octanol–water partition coefficient (Wildman–Crippen LogP) is -0.235. The van der Waals surface area contributed by atoms with Gasteiger partial charge >= 0.3 is 6.03 Å². The third-order valence-electron chi connectivity index (χ3n) is 3.74. The Bertz CT molecular complexity index is 548. The van der Waals surface area contributed by atoms with Gasteiger partial charge in [0.25, 0.3) is 0 Å².